The lowest BCUT2D eigenvalue weighted by Crippen LogP contribution is -2.66. The van der Waals surface area contributed by atoms with Gasteiger partial charge in [-0.3, -0.25) is 19.9 Å². The molecule has 3 atom stereocenters. The average Bonchev–Trinajstić information content (AvgIpc) is 3.15. The fraction of sp³-hybridized carbons (Fsp3) is 0.267. The number of carbonyl (C=O) groups is 3. The summed E-state index contributed by atoms with van der Waals surface area (Å²) in [4.78, 5) is 47.5. The Hall–Kier alpha value is -3.50. The molecule has 2 unspecified atom stereocenters. The highest BCUT2D eigenvalue weighted by atomic mass is 32.2. The van der Waals surface area contributed by atoms with E-state index in [4.69, 9.17) is 22.1 Å². The molecule has 2 aliphatic rings. The highest BCUT2D eigenvalue weighted by Gasteiger charge is 2.59. The molecule has 1 amide bonds. The van der Waals surface area contributed by atoms with Crippen molar-refractivity contribution in [3.8, 4) is 0 Å². The predicted molar refractivity (Wildman–Crippen MR) is 114 cm³/mol. The van der Waals surface area contributed by atoms with E-state index < -0.39 is 34.3 Å². The largest absolute Gasteiger partial charge is 0.477 e. The van der Waals surface area contributed by atoms with E-state index in [2.05, 4.69) is 25.8 Å². The van der Waals surface area contributed by atoms with Gasteiger partial charge in [-0.15, -0.1) is 23.1 Å². The van der Waals surface area contributed by atoms with Crippen LogP contribution < -0.4 is 22.7 Å². The number of nitrogens with two attached hydrogens (primary N) is 3. The van der Waals surface area contributed by atoms with E-state index in [-0.39, 0.29) is 27.8 Å². The molecule has 0 spiro atoms. The number of nitrogens with zero attached hydrogens (tertiary/aromatic N) is 5. The summed E-state index contributed by atoms with van der Waals surface area (Å²) in [5.41, 5.74) is 13.7. The van der Waals surface area contributed by atoms with E-state index in [9.17, 15) is 19.5 Å². The number of nitrogens with one attached hydrogen (secondary N) is 1. The number of amides is 1. The first kappa shape index (κ1) is 22.2. The smallest absolute Gasteiger partial charge is 0.353 e. The van der Waals surface area contributed by atoms with Gasteiger partial charge < -0.3 is 27.3 Å². The maximum absolute atomic E-state index is 13.1. The number of hydrazone groups is 2. The van der Waals surface area contributed by atoms with E-state index in [0.717, 1.165) is 40.6 Å². The Bertz CT molecular complexity index is 1030. The number of fused-ring (bicyclic) bond motifs is 1. The van der Waals surface area contributed by atoms with Crippen LogP contribution in [0.25, 0.3) is 0 Å². The number of carboxylic acid groups (broad SMARTS) is 1. The zero-order chi connectivity index (χ0) is 22.7. The van der Waals surface area contributed by atoms with Gasteiger partial charge in [0.25, 0.3) is 0 Å². The van der Waals surface area contributed by atoms with E-state index in [1.54, 1.807) is 0 Å². The number of nitrogen functional groups attached to an aromatic ring is 1. The van der Waals surface area contributed by atoms with Crippen LogP contribution in [0.15, 0.2) is 32.0 Å². The first-order valence-corrected chi connectivity index (χ1v) is 10.2. The number of aromatic nitrogens is 1. The van der Waals surface area contributed by atoms with Gasteiger partial charge in [0.2, 0.25) is 11.7 Å². The van der Waals surface area contributed by atoms with Gasteiger partial charge in [-0.2, -0.15) is 10.2 Å². The molecule has 14 nitrogen and oxygen atoms in total. The summed E-state index contributed by atoms with van der Waals surface area (Å²) in [5.74, 6) is 0.918. The minimum Gasteiger partial charge on any atom is -0.477 e. The zero-order valence-corrected chi connectivity index (χ0v) is 17.5. The topological polar surface area (TPSA) is 224 Å². The first-order chi connectivity index (χ1) is 14.8. The lowest BCUT2D eigenvalue weighted by atomic mass is 9.88. The van der Waals surface area contributed by atoms with E-state index in [0.29, 0.717) is 0 Å². The molecular formula is C15H17N9O5S2. The van der Waals surface area contributed by atoms with Crippen molar-refractivity contribution in [3.63, 3.8) is 0 Å². The predicted octanol–water partition coefficient (Wildman–Crippen LogP) is -1.72. The molecule has 1 saturated heterocycles. The van der Waals surface area contributed by atoms with E-state index >= 15 is 0 Å². The van der Waals surface area contributed by atoms with Gasteiger partial charge in [0.05, 0.1) is 11.6 Å². The monoisotopic (exact) mass is 467 g/mol. The Balaban J connectivity index is 1.93. The minimum absolute atomic E-state index is 0.0731. The Morgan fingerprint density at radius 1 is 1.45 bits per heavy atom. The lowest BCUT2D eigenvalue weighted by Gasteiger charge is -2.49. The minimum atomic E-state index is -1.40. The number of rotatable bonds is 8. The fourth-order valence-electron chi connectivity index (χ4n) is 2.97. The molecule has 2 aliphatic heterocycles. The summed E-state index contributed by atoms with van der Waals surface area (Å²) in [6.07, 6.45) is 2.21. The third-order valence-corrected chi connectivity index (χ3v) is 6.21. The van der Waals surface area contributed by atoms with Gasteiger partial charge in [0, 0.05) is 11.0 Å². The van der Waals surface area contributed by atoms with Crippen molar-refractivity contribution in [2.24, 2.45) is 32.9 Å². The molecule has 31 heavy (non-hydrogen) atoms. The van der Waals surface area contributed by atoms with Crippen LogP contribution in [0.5, 0.6) is 0 Å². The van der Waals surface area contributed by atoms with Crippen LogP contribution in [0.3, 0.4) is 0 Å². The second kappa shape index (κ2) is 9.11. The molecule has 164 valence electrons. The SMILES string of the molecule is CON=C(C(=O)C1C(=O)N2C(C(=O)O)=C(C=NNC=NN)C(N)S[C@H]12)c1csc(N)n1. The van der Waals surface area contributed by atoms with Gasteiger partial charge in [0.1, 0.15) is 36.1 Å². The van der Waals surface area contributed by atoms with Gasteiger partial charge >= 0.3 is 5.97 Å². The molecule has 0 bridgehead atoms. The summed E-state index contributed by atoms with van der Waals surface area (Å²) in [6.45, 7) is 0. The molecule has 0 radical (unpaired) electrons. The van der Waals surface area contributed by atoms with Crippen molar-refractivity contribution in [2.75, 3.05) is 12.8 Å². The van der Waals surface area contributed by atoms with Crippen molar-refractivity contribution in [1.82, 2.24) is 15.3 Å². The van der Waals surface area contributed by atoms with Crippen molar-refractivity contribution in [1.29, 1.82) is 0 Å². The summed E-state index contributed by atoms with van der Waals surface area (Å²) >= 11 is 2.12. The summed E-state index contributed by atoms with van der Waals surface area (Å²) in [5, 5.41) is 20.3. The third-order valence-electron chi connectivity index (χ3n) is 4.23. The maximum atomic E-state index is 13.1. The zero-order valence-electron chi connectivity index (χ0n) is 15.8. The second-order valence-corrected chi connectivity index (χ2v) is 8.12. The Labute approximate surface area is 182 Å². The number of carbonyl (C=O) groups excluding carboxylic acids is 2. The molecule has 0 aromatic carbocycles. The molecular weight excluding hydrogens is 450 g/mol. The van der Waals surface area contributed by atoms with Crippen LogP contribution in [0.2, 0.25) is 0 Å². The van der Waals surface area contributed by atoms with E-state index in [1.807, 2.05) is 0 Å². The Kier molecular flexibility index (Phi) is 6.52. The number of hydrogen-bond donors (Lipinski definition) is 5. The first-order valence-electron chi connectivity index (χ1n) is 8.40. The molecule has 8 N–H and O–H groups in total. The fourth-order valence-corrected chi connectivity index (χ4v) is 4.86. The van der Waals surface area contributed by atoms with Crippen LogP contribution in [-0.2, 0) is 19.2 Å². The molecule has 1 aromatic heterocycles. The number of thioether (sulfide) groups is 1. The molecule has 3 rings (SSSR count). The second-order valence-electron chi connectivity index (χ2n) is 5.97. The van der Waals surface area contributed by atoms with Crippen LogP contribution >= 0.6 is 23.1 Å². The maximum Gasteiger partial charge on any atom is 0.353 e. The number of thiazole rings is 1. The number of carboxylic acids is 1. The van der Waals surface area contributed by atoms with Crippen molar-refractivity contribution >= 4 is 64.2 Å². The molecule has 3 heterocycles. The number of ketones is 1. The third kappa shape index (κ3) is 4.07. The standard InChI is InChI=1S/C15H17N9O5S2/c1-29-23-8(6-3-30-15(17)22-6)10(25)7-12(26)24-9(14(27)28)5(2-20-21-4-19-18)11(16)31-13(7)24/h2-4,7,11,13H,16,18H2,1H3,(H2,17,22)(H,19,21)(H,27,28)/t7?,11?,13-/m1/s1. The van der Waals surface area contributed by atoms with Crippen LogP contribution in [-0.4, -0.2) is 68.8 Å². The van der Waals surface area contributed by atoms with Crippen LogP contribution in [0.1, 0.15) is 5.69 Å². The number of β-lactam (4-membered cyclic amide) rings is 1. The number of anilines is 1. The van der Waals surface area contributed by atoms with Gasteiger partial charge in [-0.25, -0.2) is 9.78 Å². The quantitative estimate of drug-likeness (QED) is 0.0721. The van der Waals surface area contributed by atoms with E-state index in [1.165, 1.54) is 12.5 Å². The summed E-state index contributed by atoms with van der Waals surface area (Å²) in [7, 11) is 1.24. The van der Waals surface area contributed by atoms with Gasteiger partial charge in [0.15, 0.2) is 10.8 Å². The number of oxime groups is 1. The Morgan fingerprint density at radius 3 is 2.77 bits per heavy atom. The van der Waals surface area contributed by atoms with Crippen LogP contribution in [0, 0.1) is 5.92 Å². The molecule has 0 aliphatic carbocycles. The summed E-state index contributed by atoms with van der Waals surface area (Å²) in [6, 6.07) is 0. The molecule has 1 aromatic rings. The van der Waals surface area contributed by atoms with Crippen LogP contribution in [0.4, 0.5) is 5.13 Å². The van der Waals surface area contributed by atoms with Crippen molar-refractivity contribution in [3.05, 3.63) is 22.3 Å². The highest BCUT2D eigenvalue weighted by Crippen LogP contribution is 2.46. The number of aliphatic carboxylic acids is 1. The highest BCUT2D eigenvalue weighted by molar-refractivity contribution is 8.00. The average molecular weight is 467 g/mol. The normalized spacial score (nSPS) is 23.8. The van der Waals surface area contributed by atoms with Crippen molar-refractivity contribution < 1.29 is 24.3 Å². The van der Waals surface area contributed by atoms with Gasteiger partial charge in [-0.1, -0.05) is 5.16 Å². The lowest BCUT2D eigenvalue weighted by molar-refractivity contribution is -0.155. The Morgan fingerprint density at radius 2 is 2.19 bits per heavy atom. The molecule has 0 saturated carbocycles. The molecule has 1 fully saturated rings. The number of hydrogen-bond acceptors (Lipinski definition) is 13. The molecule has 16 heteroatoms. The summed E-state index contributed by atoms with van der Waals surface area (Å²) < 4.78 is 0. The van der Waals surface area contributed by atoms with Gasteiger partial charge in [-0.05, 0) is 0 Å². The number of Topliss-reactive ketones (excluding diaryl/α,β-unsaturated/α-hetero) is 1. The van der Waals surface area contributed by atoms with Crippen molar-refractivity contribution in [2.45, 2.75) is 10.7 Å².